The van der Waals surface area contributed by atoms with Crippen molar-refractivity contribution in [2.45, 2.75) is 5.75 Å². The van der Waals surface area contributed by atoms with Crippen LogP contribution in [0.2, 0.25) is 0 Å². The van der Waals surface area contributed by atoms with Crippen molar-refractivity contribution in [3.63, 3.8) is 0 Å². The highest BCUT2D eigenvalue weighted by molar-refractivity contribution is 7.98. The summed E-state index contributed by atoms with van der Waals surface area (Å²) in [5, 5.41) is 0. The van der Waals surface area contributed by atoms with Crippen molar-refractivity contribution in [3.8, 4) is 5.75 Å². The fourth-order valence-corrected chi connectivity index (χ4v) is 1.69. The van der Waals surface area contributed by atoms with Crippen molar-refractivity contribution in [1.82, 2.24) is 0 Å². The fraction of sp³-hybridized carbons (Fsp3) is 0.273. The molecule has 0 N–H and O–H groups in total. The molecule has 0 atom stereocenters. The summed E-state index contributed by atoms with van der Waals surface area (Å²) in [5.74, 6) is 2.96. The van der Waals surface area contributed by atoms with Crippen LogP contribution >= 0.6 is 11.8 Å². The average molecular weight is 194 g/mol. The standard InChI is InChI=1S/C11H14OS/c1-3-8-13-9-10-4-6-11(12-2)7-5-10/h3-7H,1,8-9H2,2H3. The smallest absolute Gasteiger partial charge is 0.118 e. The summed E-state index contributed by atoms with van der Waals surface area (Å²) in [5.41, 5.74) is 1.33. The molecule has 0 fully saturated rings. The van der Waals surface area contributed by atoms with E-state index < -0.39 is 0 Å². The average Bonchev–Trinajstić information content (AvgIpc) is 2.19. The molecule has 0 bridgehead atoms. The van der Waals surface area contributed by atoms with Gasteiger partial charge in [0.05, 0.1) is 7.11 Å². The molecule has 0 unspecified atom stereocenters. The molecule has 2 heteroatoms. The second-order valence-corrected chi connectivity index (χ2v) is 3.68. The summed E-state index contributed by atoms with van der Waals surface area (Å²) in [6.07, 6.45) is 1.92. The molecule has 0 heterocycles. The molecule has 70 valence electrons. The third-order valence-electron chi connectivity index (χ3n) is 1.66. The van der Waals surface area contributed by atoms with E-state index in [0.29, 0.717) is 0 Å². The van der Waals surface area contributed by atoms with E-state index in [9.17, 15) is 0 Å². The van der Waals surface area contributed by atoms with Gasteiger partial charge in [0, 0.05) is 11.5 Å². The van der Waals surface area contributed by atoms with Crippen molar-refractivity contribution in [1.29, 1.82) is 0 Å². The molecule has 0 aliphatic heterocycles. The first kappa shape index (κ1) is 10.2. The van der Waals surface area contributed by atoms with Gasteiger partial charge in [0.2, 0.25) is 0 Å². The summed E-state index contributed by atoms with van der Waals surface area (Å²) in [7, 11) is 1.68. The number of thioether (sulfide) groups is 1. The minimum Gasteiger partial charge on any atom is -0.497 e. The van der Waals surface area contributed by atoms with Crippen molar-refractivity contribution >= 4 is 11.8 Å². The monoisotopic (exact) mass is 194 g/mol. The van der Waals surface area contributed by atoms with Gasteiger partial charge >= 0.3 is 0 Å². The molecule has 1 aromatic carbocycles. The molecule has 0 aliphatic carbocycles. The molecule has 0 amide bonds. The number of hydrogen-bond acceptors (Lipinski definition) is 2. The Morgan fingerprint density at radius 2 is 2.08 bits per heavy atom. The number of hydrogen-bond donors (Lipinski definition) is 0. The third kappa shape index (κ3) is 3.55. The lowest BCUT2D eigenvalue weighted by molar-refractivity contribution is 0.414. The van der Waals surface area contributed by atoms with Gasteiger partial charge in [-0.1, -0.05) is 18.2 Å². The first-order chi connectivity index (χ1) is 6.36. The van der Waals surface area contributed by atoms with Gasteiger partial charge in [-0.25, -0.2) is 0 Å². The Labute approximate surface area is 83.8 Å². The molecule has 1 nitrogen and oxygen atoms in total. The van der Waals surface area contributed by atoms with Gasteiger partial charge in [0.1, 0.15) is 5.75 Å². The Morgan fingerprint density at radius 1 is 1.38 bits per heavy atom. The lowest BCUT2D eigenvalue weighted by atomic mass is 10.2. The van der Waals surface area contributed by atoms with E-state index in [1.54, 1.807) is 7.11 Å². The van der Waals surface area contributed by atoms with E-state index in [2.05, 4.69) is 18.7 Å². The van der Waals surface area contributed by atoms with Crippen molar-refractivity contribution in [3.05, 3.63) is 42.5 Å². The highest BCUT2D eigenvalue weighted by Gasteiger charge is 1.93. The van der Waals surface area contributed by atoms with E-state index >= 15 is 0 Å². The first-order valence-corrected chi connectivity index (χ1v) is 5.34. The van der Waals surface area contributed by atoms with Crippen LogP contribution in [0.3, 0.4) is 0 Å². The van der Waals surface area contributed by atoms with Crippen LogP contribution in [0.25, 0.3) is 0 Å². The minimum absolute atomic E-state index is 0.914. The topological polar surface area (TPSA) is 9.23 Å². The second kappa shape index (κ2) is 5.70. The van der Waals surface area contributed by atoms with Crippen LogP contribution in [0.1, 0.15) is 5.56 Å². The largest absolute Gasteiger partial charge is 0.497 e. The van der Waals surface area contributed by atoms with Crippen LogP contribution < -0.4 is 4.74 Å². The Hall–Kier alpha value is -0.890. The Kier molecular flexibility index (Phi) is 4.47. The molecule has 1 rings (SSSR count). The van der Waals surface area contributed by atoms with Crippen LogP contribution in [0.5, 0.6) is 5.75 Å². The highest BCUT2D eigenvalue weighted by atomic mass is 32.2. The molecule has 0 saturated carbocycles. The van der Waals surface area contributed by atoms with Gasteiger partial charge in [0.15, 0.2) is 0 Å². The zero-order valence-electron chi connectivity index (χ0n) is 7.82. The maximum atomic E-state index is 5.07. The van der Waals surface area contributed by atoms with Gasteiger partial charge in [-0.15, -0.1) is 6.58 Å². The van der Waals surface area contributed by atoms with Gasteiger partial charge in [-0.3, -0.25) is 0 Å². The van der Waals surface area contributed by atoms with Crippen molar-refractivity contribution < 1.29 is 4.74 Å². The van der Waals surface area contributed by atoms with Gasteiger partial charge < -0.3 is 4.74 Å². The van der Waals surface area contributed by atoms with Gasteiger partial charge in [0.25, 0.3) is 0 Å². The molecule has 0 saturated heterocycles. The maximum Gasteiger partial charge on any atom is 0.118 e. The molecule has 0 aliphatic rings. The van der Waals surface area contributed by atoms with Crippen LogP contribution in [-0.4, -0.2) is 12.9 Å². The summed E-state index contributed by atoms with van der Waals surface area (Å²) in [4.78, 5) is 0. The molecular formula is C11H14OS. The second-order valence-electron chi connectivity index (χ2n) is 2.65. The summed E-state index contributed by atoms with van der Waals surface area (Å²) >= 11 is 1.86. The van der Waals surface area contributed by atoms with Crippen molar-refractivity contribution in [2.75, 3.05) is 12.9 Å². The number of benzene rings is 1. The van der Waals surface area contributed by atoms with Gasteiger partial charge in [-0.2, -0.15) is 11.8 Å². The van der Waals surface area contributed by atoms with Crippen LogP contribution in [0.15, 0.2) is 36.9 Å². The zero-order chi connectivity index (χ0) is 9.52. The lowest BCUT2D eigenvalue weighted by Crippen LogP contribution is -1.84. The normalized spacial score (nSPS) is 9.62. The summed E-state index contributed by atoms with van der Waals surface area (Å²) in [6, 6.07) is 8.16. The van der Waals surface area contributed by atoms with E-state index in [1.807, 2.05) is 30.0 Å². The SMILES string of the molecule is C=CCSCc1ccc(OC)cc1. The lowest BCUT2D eigenvalue weighted by Gasteiger charge is -2.01. The van der Waals surface area contributed by atoms with Crippen LogP contribution in [0, 0.1) is 0 Å². The number of ether oxygens (including phenoxy) is 1. The quantitative estimate of drug-likeness (QED) is 0.526. The predicted molar refractivity (Wildman–Crippen MR) is 59.4 cm³/mol. The molecule has 0 radical (unpaired) electrons. The highest BCUT2D eigenvalue weighted by Crippen LogP contribution is 2.16. The number of methoxy groups -OCH3 is 1. The molecule has 0 aromatic heterocycles. The fourth-order valence-electron chi connectivity index (χ4n) is 0.982. The van der Waals surface area contributed by atoms with Gasteiger partial charge in [-0.05, 0) is 17.7 Å². The molecule has 1 aromatic rings. The van der Waals surface area contributed by atoms with E-state index in [1.165, 1.54) is 5.56 Å². The summed E-state index contributed by atoms with van der Waals surface area (Å²) < 4.78 is 5.07. The minimum atomic E-state index is 0.914. The Balaban J connectivity index is 2.44. The van der Waals surface area contributed by atoms with E-state index in [0.717, 1.165) is 17.3 Å². The molecule has 13 heavy (non-hydrogen) atoms. The first-order valence-electron chi connectivity index (χ1n) is 4.18. The Morgan fingerprint density at radius 3 is 2.62 bits per heavy atom. The molecular weight excluding hydrogens is 180 g/mol. The van der Waals surface area contributed by atoms with E-state index in [-0.39, 0.29) is 0 Å². The third-order valence-corrected chi connectivity index (χ3v) is 2.67. The van der Waals surface area contributed by atoms with Crippen molar-refractivity contribution in [2.24, 2.45) is 0 Å². The molecule has 0 spiro atoms. The van der Waals surface area contributed by atoms with E-state index in [4.69, 9.17) is 4.74 Å². The summed E-state index contributed by atoms with van der Waals surface area (Å²) in [6.45, 7) is 3.68. The maximum absolute atomic E-state index is 5.07. The predicted octanol–water partition coefficient (Wildman–Crippen LogP) is 3.11. The number of rotatable bonds is 5. The zero-order valence-corrected chi connectivity index (χ0v) is 8.64. The van der Waals surface area contributed by atoms with Crippen LogP contribution in [0.4, 0.5) is 0 Å². The Bertz CT molecular complexity index is 253. The van der Waals surface area contributed by atoms with Crippen LogP contribution in [-0.2, 0) is 5.75 Å².